The molecule has 0 aliphatic carbocycles. The topological polar surface area (TPSA) is 102 Å². The molecule has 1 atom stereocenters. The summed E-state index contributed by atoms with van der Waals surface area (Å²) in [5.74, 6) is -0.444. The van der Waals surface area contributed by atoms with Gasteiger partial charge in [-0.1, -0.05) is 54.6 Å². The lowest BCUT2D eigenvalue weighted by Crippen LogP contribution is -2.43. The number of fused-ring (bicyclic) bond motifs is 1. The number of nitrogens with one attached hydrogen (secondary N) is 2. The molecule has 3 aromatic carbocycles. The van der Waals surface area contributed by atoms with Crippen LogP contribution in [0.5, 0.6) is 0 Å². The van der Waals surface area contributed by atoms with E-state index in [1.807, 2.05) is 25.1 Å². The number of hydrogen-bond donors (Lipinski definition) is 2. The van der Waals surface area contributed by atoms with Crippen molar-refractivity contribution in [3.8, 4) is 5.69 Å². The Balaban J connectivity index is 1.60. The molecule has 190 valence electrons. The number of carbonyl (C=O) groups excluding carboxylic acids is 2. The highest BCUT2D eigenvalue weighted by molar-refractivity contribution is 5.82. The van der Waals surface area contributed by atoms with E-state index in [0.717, 1.165) is 23.0 Å². The lowest BCUT2D eigenvalue weighted by molar-refractivity contribution is -0.122. The zero-order valence-electron chi connectivity index (χ0n) is 20.9. The highest BCUT2D eigenvalue weighted by atomic mass is 16.2. The fourth-order valence-electron chi connectivity index (χ4n) is 4.30. The Labute approximate surface area is 214 Å². The van der Waals surface area contributed by atoms with Gasteiger partial charge in [0.2, 0.25) is 11.8 Å². The maximum absolute atomic E-state index is 13.5. The molecule has 0 bridgehead atoms. The van der Waals surface area contributed by atoms with Crippen molar-refractivity contribution in [2.45, 2.75) is 38.8 Å². The highest BCUT2D eigenvalue weighted by Gasteiger charge is 2.17. The third-order valence-electron chi connectivity index (χ3n) is 6.31. The van der Waals surface area contributed by atoms with Crippen LogP contribution >= 0.6 is 0 Å². The zero-order valence-corrected chi connectivity index (χ0v) is 20.9. The van der Waals surface area contributed by atoms with Gasteiger partial charge in [0, 0.05) is 13.1 Å². The second-order valence-corrected chi connectivity index (χ2v) is 9.04. The molecule has 1 aromatic heterocycles. The first-order valence-corrected chi connectivity index (χ1v) is 12.2. The quantitative estimate of drug-likeness (QED) is 0.370. The van der Waals surface area contributed by atoms with E-state index in [4.69, 9.17) is 0 Å². The van der Waals surface area contributed by atoms with E-state index >= 15 is 0 Å². The molecule has 1 heterocycles. The Morgan fingerprint density at radius 2 is 1.51 bits per heavy atom. The summed E-state index contributed by atoms with van der Waals surface area (Å²) in [5, 5.41) is 5.87. The number of amides is 2. The number of aromatic nitrogens is 2. The van der Waals surface area contributed by atoms with Gasteiger partial charge < -0.3 is 10.6 Å². The molecule has 2 amide bonds. The Bertz CT molecular complexity index is 1520. The van der Waals surface area contributed by atoms with E-state index in [-0.39, 0.29) is 30.8 Å². The number of rotatable bonds is 9. The molecule has 0 aliphatic heterocycles. The molecule has 37 heavy (non-hydrogen) atoms. The third kappa shape index (κ3) is 6.03. The van der Waals surface area contributed by atoms with E-state index < -0.39 is 11.2 Å². The normalized spacial score (nSPS) is 11.7. The molecule has 0 aliphatic rings. The van der Waals surface area contributed by atoms with Gasteiger partial charge in [-0.25, -0.2) is 9.36 Å². The summed E-state index contributed by atoms with van der Waals surface area (Å²) in [6, 6.07) is 23.4. The summed E-state index contributed by atoms with van der Waals surface area (Å²) in [6.07, 6.45) is 1.77. The molecule has 0 spiro atoms. The molecule has 1 unspecified atom stereocenters. The largest absolute Gasteiger partial charge is 0.359 e. The number of para-hydroxylation sites is 1. The van der Waals surface area contributed by atoms with Gasteiger partial charge in [-0.3, -0.25) is 19.0 Å². The standard InChI is InChI=1S/C29H30N4O4/c1-20(12-13-21-8-4-3-5-9-21)31-27(35)19-32-25-11-7-6-10-24(25)28(36)33(29(32)37)23-16-14-22(15-17-23)18-26(34)30-2/h3-11,14-17,20H,12-13,18-19H2,1-2H3,(H,30,34)(H,31,35). The fraction of sp³-hybridized carbons (Fsp3) is 0.241. The summed E-state index contributed by atoms with van der Waals surface area (Å²) in [4.78, 5) is 51.4. The third-order valence-corrected chi connectivity index (χ3v) is 6.31. The Morgan fingerprint density at radius 3 is 2.22 bits per heavy atom. The maximum atomic E-state index is 13.5. The van der Waals surface area contributed by atoms with Crippen LogP contribution in [0.15, 0.2) is 88.5 Å². The molecule has 4 aromatic rings. The summed E-state index contributed by atoms with van der Waals surface area (Å²) in [6.45, 7) is 1.72. The van der Waals surface area contributed by atoms with Crippen LogP contribution in [0.1, 0.15) is 24.5 Å². The first-order valence-electron chi connectivity index (χ1n) is 12.2. The first kappa shape index (κ1) is 25.6. The van der Waals surface area contributed by atoms with Crippen molar-refractivity contribution < 1.29 is 9.59 Å². The van der Waals surface area contributed by atoms with Crippen molar-refractivity contribution in [3.05, 3.63) is 111 Å². The van der Waals surface area contributed by atoms with Crippen molar-refractivity contribution >= 4 is 22.7 Å². The molecule has 0 fully saturated rings. The zero-order chi connectivity index (χ0) is 26.4. The van der Waals surface area contributed by atoms with Crippen LogP contribution in [-0.4, -0.2) is 34.0 Å². The summed E-state index contributed by atoms with van der Waals surface area (Å²) >= 11 is 0. The molecular formula is C29H30N4O4. The van der Waals surface area contributed by atoms with Gasteiger partial charge >= 0.3 is 5.69 Å². The van der Waals surface area contributed by atoms with Gasteiger partial charge in [-0.05, 0) is 55.2 Å². The SMILES string of the molecule is CNC(=O)Cc1ccc(-n2c(=O)c3ccccc3n(CC(=O)NC(C)CCc3ccccc3)c2=O)cc1. The summed E-state index contributed by atoms with van der Waals surface area (Å²) in [5.41, 5.74) is 1.65. The average molecular weight is 499 g/mol. The van der Waals surface area contributed by atoms with Gasteiger partial charge in [-0.2, -0.15) is 0 Å². The van der Waals surface area contributed by atoms with Gasteiger partial charge in [-0.15, -0.1) is 0 Å². The van der Waals surface area contributed by atoms with Crippen molar-refractivity contribution in [3.63, 3.8) is 0 Å². The second-order valence-electron chi connectivity index (χ2n) is 9.04. The molecule has 0 radical (unpaired) electrons. The number of hydrogen-bond acceptors (Lipinski definition) is 4. The predicted octanol–water partition coefficient (Wildman–Crippen LogP) is 2.58. The summed E-state index contributed by atoms with van der Waals surface area (Å²) < 4.78 is 2.40. The van der Waals surface area contributed by atoms with Crippen LogP contribution in [0.3, 0.4) is 0 Å². The molecule has 4 rings (SSSR count). The van der Waals surface area contributed by atoms with Gasteiger partial charge in [0.15, 0.2) is 0 Å². The van der Waals surface area contributed by atoms with Crippen LogP contribution in [-0.2, 0) is 29.0 Å². The van der Waals surface area contributed by atoms with Crippen molar-refractivity contribution in [1.29, 1.82) is 0 Å². The maximum Gasteiger partial charge on any atom is 0.336 e. The molecule has 8 heteroatoms. The van der Waals surface area contributed by atoms with Crippen molar-refractivity contribution in [2.24, 2.45) is 0 Å². The lowest BCUT2D eigenvalue weighted by Gasteiger charge is -2.17. The number of benzene rings is 3. The molecule has 2 N–H and O–H groups in total. The Hall–Kier alpha value is -4.46. The van der Waals surface area contributed by atoms with Crippen molar-refractivity contribution in [1.82, 2.24) is 19.8 Å². The van der Waals surface area contributed by atoms with E-state index in [1.54, 1.807) is 55.6 Å². The summed E-state index contributed by atoms with van der Waals surface area (Å²) in [7, 11) is 1.56. The smallest absolute Gasteiger partial charge is 0.336 e. The molecule has 0 saturated carbocycles. The number of nitrogens with zero attached hydrogens (tertiary/aromatic N) is 2. The van der Waals surface area contributed by atoms with Crippen molar-refractivity contribution in [2.75, 3.05) is 7.05 Å². The Kier molecular flexibility index (Phi) is 7.98. The highest BCUT2D eigenvalue weighted by Crippen LogP contribution is 2.12. The van der Waals surface area contributed by atoms with Crippen LogP contribution in [0.2, 0.25) is 0 Å². The minimum absolute atomic E-state index is 0.0894. The average Bonchev–Trinajstić information content (AvgIpc) is 2.91. The van der Waals surface area contributed by atoms with E-state index in [1.165, 1.54) is 10.1 Å². The van der Waals surface area contributed by atoms with Gasteiger partial charge in [0.25, 0.3) is 5.56 Å². The van der Waals surface area contributed by atoms with E-state index in [2.05, 4.69) is 22.8 Å². The number of likely N-dealkylation sites (N-methyl/N-ethyl adjacent to an activating group) is 1. The fourth-order valence-corrected chi connectivity index (χ4v) is 4.30. The van der Waals surface area contributed by atoms with E-state index in [9.17, 15) is 19.2 Å². The van der Waals surface area contributed by atoms with Crippen LogP contribution in [0, 0.1) is 0 Å². The van der Waals surface area contributed by atoms with Gasteiger partial charge in [0.1, 0.15) is 6.54 Å². The van der Waals surface area contributed by atoms with Crippen LogP contribution in [0.4, 0.5) is 0 Å². The van der Waals surface area contributed by atoms with Crippen LogP contribution < -0.4 is 21.9 Å². The first-order chi connectivity index (χ1) is 17.9. The molecular weight excluding hydrogens is 468 g/mol. The predicted molar refractivity (Wildman–Crippen MR) is 144 cm³/mol. The number of aryl methyl sites for hydroxylation is 1. The lowest BCUT2D eigenvalue weighted by atomic mass is 10.1. The monoisotopic (exact) mass is 498 g/mol. The molecule has 8 nitrogen and oxygen atoms in total. The van der Waals surface area contributed by atoms with Gasteiger partial charge in [0.05, 0.1) is 23.0 Å². The number of carbonyl (C=O) groups is 2. The van der Waals surface area contributed by atoms with Crippen LogP contribution in [0.25, 0.3) is 16.6 Å². The van der Waals surface area contributed by atoms with E-state index in [0.29, 0.717) is 16.6 Å². The Morgan fingerprint density at radius 1 is 0.838 bits per heavy atom. The molecule has 0 saturated heterocycles. The minimum atomic E-state index is -0.602. The second kappa shape index (κ2) is 11.5. The minimum Gasteiger partial charge on any atom is -0.359 e.